The number of hydrogen-bond donors (Lipinski definition) is 3. The Morgan fingerprint density at radius 1 is 1.24 bits per heavy atom. The maximum Gasteiger partial charge on any atom is 0.276 e. The summed E-state index contributed by atoms with van der Waals surface area (Å²) in [6.07, 6.45) is 2.11. The lowest BCUT2D eigenvalue weighted by Gasteiger charge is -2.25. The van der Waals surface area contributed by atoms with Crippen LogP contribution in [0, 0.1) is 10.1 Å². The highest BCUT2D eigenvalue weighted by molar-refractivity contribution is 5.54. The van der Waals surface area contributed by atoms with Crippen molar-refractivity contribution >= 4 is 17.3 Å². The molecule has 0 spiro atoms. The molecule has 1 aromatic rings. The van der Waals surface area contributed by atoms with Gasteiger partial charge in [-0.2, -0.15) is 0 Å². The third-order valence-corrected chi connectivity index (χ3v) is 3.49. The largest absolute Gasteiger partial charge is 0.388 e. The predicted octanol–water partition coefficient (Wildman–Crippen LogP) is 2.77. The molecular weight excluding hydrogens is 272 g/mol. The molecule has 21 heavy (non-hydrogen) atoms. The van der Waals surface area contributed by atoms with Crippen LogP contribution < -0.4 is 10.6 Å². The van der Waals surface area contributed by atoms with Crippen LogP contribution in [0.1, 0.15) is 40.0 Å². The Hall–Kier alpha value is -1.89. The highest BCUT2D eigenvalue weighted by Crippen LogP contribution is 2.22. The second-order valence-electron chi connectivity index (χ2n) is 5.06. The Kier molecular flexibility index (Phi) is 6.36. The third-order valence-electron chi connectivity index (χ3n) is 3.49. The predicted molar refractivity (Wildman–Crippen MR) is 83.7 cm³/mol. The van der Waals surface area contributed by atoms with Gasteiger partial charge in [-0.3, -0.25) is 10.1 Å². The molecule has 0 aliphatic carbocycles. The number of nitrogens with zero attached hydrogens (tertiary/aromatic N) is 2. The number of nitro groups is 1. The second kappa shape index (κ2) is 7.78. The molecule has 0 radical (unpaired) electrons. The molecule has 118 valence electrons. The number of aliphatic hydroxyl groups is 1. The summed E-state index contributed by atoms with van der Waals surface area (Å²) in [6.45, 7) is 6.82. The lowest BCUT2D eigenvalue weighted by Crippen LogP contribution is -2.35. The Bertz CT molecular complexity index is 475. The van der Waals surface area contributed by atoms with Gasteiger partial charge >= 0.3 is 0 Å². The van der Waals surface area contributed by atoms with E-state index in [9.17, 15) is 15.2 Å². The molecule has 7 nitrogen and oxygen atoms in total. The van der Waals surface area contributed by atoms with E-state index in [0.717, 1.165) is 6.42 Å². The van der Waals surface area contributed by atoms with Crippen molar-refractivity contribution in [2.45, 2.75) is 45.6 Å². The molecule has 0 aromatic carbocycles. The summed E-state index contributed by atoms with van der Waals surface area (Å²) in [6, 6.07) is 2.79. The minimum absolute atomic E-state index is 0.0253. The molecule has 0 aliphatic rings. The van der Waals surface area contributed by atoms with Crippen molar-refractivity contribution < 1.29 is 10.0 Å². The molecule has 7 heteroatoms. The first-order chi connectivity index (χ1) is 9.94. The maximum absolute atomic E-state index is 11.0. The molecule has 0 atom stereocenters. The zero-order valence-electron chi connectivity index (χ0n) is 12.8. The van der Waals surface area contributed by atoms with Crippen molar-refractivity contribution in [1.29, 1.82) is 0 Å². The van der Waals surface area contributed by atoms with Crippen LogP contribution in [0.2, 0.25) is 0 Å². The minimum Gasteiger partial charge on any atom is -0.388 e. The number of anilines is 2. The molecule has 0 fully saturated rings. The number of nitrogens with one attached hydrogen (secondary N) is 2. The molecule has 0 saturated heterocycles. The van der Waals surface area contributed by atoms with E-state index in [1.165, 1.54) is 12.1 Å². The van der Waals surface area contributed by atoms with Gasteiger partial charge in [0.2, 0.25) is 0 Å². The first-order valence-corrected chi connectivity index (χ1v) is 7.30. The minimum atomic E-state index is -0.830. The van der Waals surface area contributed by atoms with E-state index in [4.69, 9.17) is 0 Å². The number of rotatable bonds is 9. The second-order valence-corrected chi connectivity index (χ2v) is 5.06. The zero-order chi connectivity index (χ0) is 15.9. The third kappa shape index (κ3) is 5.18. The molecule has 0 aliphatic heterocycles. The molecular formula is C14H24N4O3. The average molecular weight is 296 g/mol. The number of hydrogen-bond acceptors (Lipinski definition) is 6. The normalized spacial score (nSPS) is 11.2. The van der Waals surface area contributed by atoms with Gasteiger partial charge in [0.1, 0.15) is 11.6 Å². The van der Waals surface area contributed by atoms with E-state index in [1.54, 1.807) is 0 Å². The Morgan fingerprint density at radius 2 is 1.81 bits per heavy atom. The fourth-order valence-corrected chi connectivity index (χ4v) is 1.81. The lowest BCUT2D eigenvalue weighted by atomic mass is 9.98. The van der Waals surface area contributed by atoms with Crippen molar-refractivity contribution in [3.63, 3.8) is 0 Å². The van der Waals surface area contributed by atoms with Gasteiger partial charge in [0.05, 0.1) is 22.7 Å². The van der Waals surface area contributed by atoms with Crippen LogP contribution in [-0.4, -0.2) is 33.7 Å². The fraction of sp³-hybridized carbons (Fsp3) is 0.643. The fourth-order valence-electron chi connectivity index (χ4n) is 1.81. The van der Waals surface area contributed by atoms with Gasteiger partial charge in [0.25, 0.3) is 5.69 Å². The monoisotopic (exact) mass is 296 g/mol. The first kappa shape index (κ1) is 17.2. The summed E-state index contributed by atoms with van der Waals surface area (Å²) < 4.78 is 0. The van der Waals surface area contributed by atoms with Gasteiger partial charge in [-0.25, -0.2) is 4.98 Å². The molecule has 0 amide bonds. The molecule has 1 heterocycles. The molecule has 0 saturated carbocycles. The van der Waals surface area contributed by atoms with Crippen LogP contribution in [0.15, 0.2) is 12.1 Å². The van der Waals surface area contributed by atoms with E-state index in [-0.39, 0.29) is 5.69 Å². The van der Waals surface area contributed by atoms with E-state index < -0.39 is 10.5 Å². The first-order valence-electron chi connectivity index (χ1n) is 7.30. The summed E-state index contributed by atoms with van der Waals surface area (Å²) in [5.41, 5.74) is -0.855. The Labute approximate surface area is 124 Å². The molecule has 0 unspecified atom stereocenters. The quantitative estimate of drug-likeness (QED) is 0.478. The maximum atomic E-state index is 11.0. The highest BCUT2D eigenvalue weighted by atomic mass is 16.6. The molecule has 1 aromatic heterocycles. The van der Waals surface area contributed by atoms with E-state index in [1.807, 2.05) is 20.8 Å². The standard InChI is InChI=1S/C14H24N4O3/c1-4-7-15-12-8-11(18(20)21)9-13(17-12)16-10-14(19,5-2)6-3/h8-9,19H,4-7,10H2,1-3H3,(H2,15,16,17). The average Bonchev–Trinajstić information content (AvgIpc) is 2.50. The molecule has 3 N–H and O–H groups in total. The van der Waals surface area contributed by atoms with E-state index in [2.05, 4.69) is 15.6 Å². The smallest absolute Gasteiger partial charge is 0.276 e. The van der Waals surface area contributed by atoms with E-state index in [0.29, 0.717) is 37.6 Å². The van der Waals surface area contributed by atoms with Crippen molar-refractivity contribution in [1.82, 2.24) is 4.98 Å². The van der Waals surface area contributed by atoms with Crippen LogP contribution in [0.25, 0.3) is 0 Å². The van der Waals surface area contributed by atoms with Crippen molar-refractivity contribution in [3.8, 4) is 0 Å². The van der Waals surface area contributed by atoms with Crippen LogP contribution in [0.4, 0.5) is 17.3 Å². The van der Waals surface area contributed by atoms with Gasteiger partial charge in [0.15, 0.2) is 0 Å². The number of aromatic nitrogens is 1. The summed E-state index contributed by atoms with van der Waals surface area (Å²) in [5.74, 6) is 0.855. The SMILES string of the molecule is CCCNc1cc([N+](=O)[O-])cc(NCC(O)(CC)CC)n1. The molecule has 0 bridgehead atoms. The van der Waals surface area contributed by atoms with Crippen LogP contribution in [0.5, 0.6) is 0 Å². The summed E-state index contributed by atoms with van der Waals surface area (Å²) in [5, 5.41) is 27.2. The van der Waals surface area contributed by atoms with Gasteiger partial charge in [-0.05, 0) is 19.3 Å². The van der Waals surface area contributed by atoms with Crippen LogP contribution in [0.3, 0.4) is 0 Å². The van der Waals surface area contributed by atoms with Gasteiger partial charge < -0.3 is 15.7 Å². The van der Waals surface area contributed by atoms with Gasteiger partial charge in [-0.15, -0.1) is 0 Å². The zero-order valence-corrected chi connectivity index (χ0v) is 12.8. The van der Waals surface area contributed by atoms with Gasteiger partial charge in [0, 0.05) is 13.1 Å². The van der Waals surface area contributed by atoms with Crippen molar-refractivity contribution in [2.75, 3.05) is 23.7 Å². The van der Waals surface area contributed by atoms with Crippen molar-refractivity contribution in [2.24, 2.45) is 0 Å². The van der Waals surface area contributed by atoms with Crippen LogP contribution >= 0.6 is 0 Å². The summed E-state index contributed by atoms with van der Waals surface area (Å²) >= 11 is 0. The Morgan fingerprint density at radius 3 is 2.29 bits per heavy atom. The number of pyridine rings is 1. The lowest BCUT2D eigenvalue weighted by molar-refractivity contribution is -0.384. The van der Waals surface area contributed by atoms with E-state index >= 15 is 0 Å². The highest BCUT2D eigenvalue weighted by Gasteiger charge is 2.22. The van der Waals surface area contributed by atoms with Crippen molar-refractivity contribution in [3.05, 3.63) is 22.2 Å². The Balaban J connectivity index is 2.89. The summed E-state index contributed by atoms with van der Waals surface area (Å²) in [7, 11) is 0. The van der Waals surface area contributed by atoms with Crippen LogP contribution in [-0.2, 0) is 0 Å². The summed E-state index contributed by atoms with van der Waals surface area (Å²) in [4.78, 5) is 14.8. The van der Waals surface area contributed by atoms with Gasteiger partial charge in [-0.1, -0.05) is 20.8 Å². The topological polar surface area (TPSA) is 100 Å². The molecule has 1 rings (SSSR count).